The molecule has 1 atom stereocenters. The van der Waals surface area contributed by atoms with Gasteiger partial charge in [0, 0.05) is 0 Å². The predicted molar refractivity (Wildman–Crippen MR) is 37.9 cm³/mol. The lowest BCUT2D eigenvalue weighted by Crippen LogP contribution is -2.25. The van der Waals surface area contributed by atoms with Crippen LogP contribution in [0.4, 0.5) is 0 Å². The van der Waals surface area contributed by atoms with Crippen molar-refractivity contribution in [2.75, 3.05) is 14.1 Å². The van der Waals surface area contributed by atoms with E-state index in [1.165, 1.54) is 0 Å². The molecule has 1 unspecified atom stereocenters. The Kier molecular flexibility index (Phi) is 3.74. The zero-order valence-electron chi connectivity index (χ0n) is 5.96. The zero-order valence-corrected chi connectivity index (χ0v) is 5.96. The highest BCUT2D eigenvalue weighted by molar-refractivity contribution is 4.93. The summed E-state index contributed by atoms with van der Waals surface area (Å²) in [6, 6.07) is 2.15. The maximum Gasteiger partial charge on any atom is 0.101 e. The van der Waals surface area contributed by atoms with Gasteiger partial charge in [-0.1, -0.05) is 6.08 Å². The molecule has 0 aromatic carbocycles. The molecule has 0 aliphatic rings. The van der Waals surface area contributed by atoms with Gasteiger partial charge in [-0.15, -0.1) is 6.58 Å². The molecule has 0 aliphatic heterocycles. The van der Waals surface area contributed by atoms with Crippen LogP contribution >= 0.6 is 0 Å². The molecule has 0 saturated heterocycles. The van der Waals surface area contributed by atoms with E-state index >= 15 is 0 Å². The second-order valence-electron chi connectivity index (χ2n) is 2.13. The Morgan fingerprint density at radius 1 is 1.78 bits per heavy atom. The van der Waals surface area contributed by atoms with Gasteiger partial charge in [0.05, 0.1) is 6.07 Å². The molecule has 0 aromatic heterocycles. The lowest BCUT2D eigenvalue weighted by molar-refractivity contribution is 0.352. The van der Waals surface area contributed by atoms with Crippen LogP contribution < -0.4 is 0 Å². The monoisotopic (exact) mass is 124 g/mol. The average Bonchev–Trinajstić information content (AvgIpc) is 1.82. The van der Waals surface area contributed by atoms with Gasteiger partial charge in [-0.3, -0.25) is 4.90 Å². The fourth-order valence-electron chi connectivity index (χ4n) is 0.537. The van der Waals surface area contributed by atoms with Crippen molar-refractivity contribution >= 4 is 0 Å². The summed E-state index contributed by atoms with van der Waals surface area (Å²) in [4.78, 5) is 1.88. The molecule has 0 aliphatic carbocycles. The van der Waals surface area contributed by atoms with E-state index in [1.54, 1.807) is 6.08 Å². The maximum atomic E-state index is 8.49. The first kappa shape index (κ1) is 8.19. The highest BCUT2D eigenvalue weighted by Crippen LogP contribution is 1.96. The van der Waals surface area contributed by atoms with E-state index in [9.17, 15) is 0 Å². The van der Waals surface area contributed by atoms with Crippen molar-refractivity contribution in [2.24, 2.45) is 0 Å². The Hall–Kier alpha value is -0.810. The zero-order chi connectivity index (χ0) is 7.28. The molecule has 0 rings (SSSR count). The quantitative estimate of drug-likeness (QED) is 0.525. The SMILES string of the molecule is C=CCC(C#N)N(C)C. The minimum atomic E-state index is -0.0116. The number of nitrogens with zero attached hydrogens (tertiary/aromatic N) is 2. The molecule has 50 valence electrons. The highest BCUT2D eigenvalue weighted by atomic mass is 15.1. The van der Waals surface area contributed by atoms with Crippen LogP contribution in [0.2, 0.25) is 0 Å². The first-order valence-corrected chi connectivity index (χ1v) is 2.89. The molecule has 9 heavy (non-hydrogen) atoms. The lowest BCUT2D eigenvalue weighted by atomic mass is 10.2. The fraction of sp³-hybridized carbons (Fsp3) is 0.571. The molecule has 2 nitrogen and oxygen atoms in total. The topological polar surface area (TPSA) is 27.0 Å². The molecule has 0 N–H and O–H groups in total. The molecule has 0 aromatic rings. The number of hydrogen-bond donors (Lipinski definition) is 0. The van der Waals surface area contributed by atoms with Crippen molar-refractivity contribution in [3.63, 3.8) is 0 Å². The van der Waals surface area contributed by atoms with Gasteiger partial charge in [0.1, 0.15) is 6.04 Å². The van der Waals surface area contributed by atoms with Crippen LogP contribution in [0.5, 0.6) is 0 Å². The number of hydrogen-bond acceptors (Lipinski definition) is 2. The van der Waals surface area contributed by atoms with Gasteiger partial charge >= 0.3 is 0 Å². The van der Waals surface area contributed by atoms with E-state index in [2.05, 4.69) is 12.6 Å². The Labute approximate surface area is 56.4 Å². The van der Waals surface area contributed by atoms with Crippen LogP contribution in [0.1, 0.15) is 6.42 Å². The fourth-order valence-corrected chi connectivity index (χ4v) is 0.537. The summed E-state index contributed by atoms with van der Waals surface area (Å²) in [5.41, 5.74) is 0. The summed E-state index contributed by atoms with van der Waals surface area (Å²) in [5.74, 6) is 0. The first-order valence-electron chi connectivity index (χ1n) is 2.89. The Morgan fingerprint density at radius 3 is 2.44 bits per heavy atom. The normalized spacial score (nSPS) is 12.7. The smallest absolute Gasteiger partial charge is 0.101 e. The van der Waals surface area contributed by atoms with Crippen molar-refractivity contribution in [3.8, 4) is 6.07 Å². The molecule has 0 fully saturated rings. The maximum absolute atomic E-state index is 8.49. The summed E-state index contributed by atoms with van der Waals surface area (Å²) in [6.45, 7) is 3.55. The number of rotatable bonds is 3. The van der Waals surface area contributed by atoms with E-state index in [1.807, 2.05) is 19.0 Å². The molecule has 0 heterocycles. The summed E-state index contributed by atoms with van der Waals surface area (Å²) < 4.78 is 0. The third kappa shape index (κ3) is 2.89. The van der Waals surface area contributed by atoms with Crippen molar-refractivity contribution in [3.05, 3.63) is 12.7 Å². The first-order chi connectivity index (χ1) is 4.22. The molecule has 0 amide bonds. The molecule has 0 bridgehead atoms. The van der Waals surface area contributed by atoms with E-state index in [0.717, 1.165) is 6.42 Å². The third-order valence-electron chi connectivity index (χ3n) is 1.16. The summed E-state index contributed by atoms with van der Waals surface area (Å²) in [7, 11) is 3.77. The van der Waals surface area contributed by atoms with Crippen molar-refractivity contribution in [2.45, 2.75) is 12.5 Å². The average molecular weight is 124 g/mol. The van der Waals surface area contributed by atoms with Crippen LogP contribution in [0.15, 0.2) is 12.7 Å². The Bertz CT molecular complexity index is 121. The van der Waals surface area contributed by atoms with Gasteiger partial charge in [0.25, 0.3) is 0 Å². The van der Waals surface area contributed by atoms with E-state index in [0.29, 0.717) is 0 Å². The second-order valence-corrected chi connectivity index (χ2v) is 2.13. The van der Waals surface area contributed by atoms with Crippen LogP contribution in [0.25, 0.3) is 0 Å². The van der Waals surface area contributed by atoms with Gasteiger partial charge in [-0.25, -0.2) is 0 Å². The minimum absolute atomic E-state index is 0.0116. The van der Waals surface area contributed by atoms with Crippen LogP contribution in [0, 0.1) is 11.3 Å². The van der Waals surface area contributed by atoms with E-state index in [4.69, 9.17) is 5.26 Å². The van der Waals surface area contributed by atoms with Crippen LogP contribution in [-0.2, 0) is 0 Å². The molecular weight excluding hydrogens is 112 g/mol. The molecule has 2 heteroatoms. The molecular formula is C7H12N2. The van der Waals surface area contributed by atoms with Gasteiger partial charge in [0.15, 0.2) is 0 Å². The molecule has 0 spiro atoms. The van der Waals surface area contributed by atoms with Crippen LogP contribution in [0.3, 0.4) is 0 Å². The van der Waals surface area contributed by atoms with Crippen molar-refractivity contribution in [1.82, 2.24) is 4.90 Å². The van der Waals surface area contributed by atoms with E-state index < -0.39 is 0 Å². The summed E-state index contributed by atoms with van der Waals surface area (Å²) in [5, 5.41) is 8.49. The van der Waals surface area contributed by atoms with Gasteiger partial charge in [-0.2, -0.15) is 5.26 Å². The highest BCUT2D eigenvalue weighted by Gasteiger charge is 2.05. The van der Waals surface area contributed by atoms with E-state index in [-0.39, 0.29) is 6.04 Å². The van der Waals surface area contributed by atoms with Gasteiger partial charge in [-0.05, 0) is 20.5 Å². The van der Waals surface area contributed by atoms with Crippen molar-refractivity contribution < 1.29 is 0 Å². The Morgan fingerprint density at radius 2 is 2.33 bits per heavy atom. The van der Waals surface area contributed by atoms with Crippen LogP contribution in [-0.4, -0.2) is 25.0 Å². The van der Waals surface area contributed by atoms with Crippen molar-refractivity contribution in [1.29, 1.82) is 5.26 Å². The third-order valence-corrected chi connectivity index (χ3v) is 1.16. The largest absolute Gasteiger partial charge is 0.294 e. The number of nitriles is 1. The second kappa shape index (κ2) is 4.11. The standard InChI is InChI=1S/C7H12N2/c1-4-5-7(6-8)9(2)3/h4,7H,1,5H2,2-3H3. The molecule has 0 saturated carbocycles. The molecule has 0 radical (unpaired) electrons. The predicted octanol–water partition coefficient (Wildman–Crippen LogP) is 1.02. The summed E-state index contributed by atoms with van der Waals surface area (Å²) >= 11 is 0. The lowest BCUT2D eigenvalue weighted by Gasteiger charge is -2.13. The summed E-state index contributed by atoms with van der Waals surface area (Å²) in [6.07, 6.45) is 2.50. The van der Waals surface area contributed by atoms with Gasteiger partial charge < -0.3 is 0 Å². The minimum Gasteiger partial charge on any atom is -0.294 e. The Balaban J connectivity index is 3.71. The van der Waals surface area contributed by atoms with Gasteiger partial charge in [0.2, 0.25) is 0 Å².